The van der Waals surface area contributed by atoms with Crippen LogP contribution in [0.25, 0.3) is 0 Å². The summed E-state index contributed by atoms with van der Waals surface area (Å²) < 4.78 is 5.45. The van der Waals surface area contributed by atoms with Gasteiger partial charge < -0.3 is 15.0 Å². The summed E-state index contributed by atoms with van der Waals surface area (Å²) in [7, 11) is 0. The van der Waals surface area contributed by atoms with Crippen LogP contribution in [0, 0.1) is 0 Å². The fourth-order valence-corrected chi connectivity index (χ4v) is 3.24. The first-order chi connectivity index (χ1) is 9.74. The van der Waals surface area contributed by atoms with Crippen molar-refractivity contribution in [2.45, 2.75) is 33.4 Å². The van der Waals surface area contributed by atoms with Crippen molar-refractivity contribution in [3.8, 4) is 0 Å². The molecule has 0 aromatic carbocycles. The number of thioether (sulfide) groups is 1. The van der Waals surface area contributed by atoms with Crippen LogP contribution in [-0.4, -0.2) is 47.2 Å². The van der Waals surface area contributed by atoms with E-state index >= 15 is 0 Å². The third-order valence-corrected chi connectivity index (χ3v) is 4.40. The number of aromatic nitrogens is 2. The molecule has 0 radical (unpaired) electrons. The monoisotopic (exact) mass is 296 g/mol. The van der Waals surface area contributed by atoms with Gasteiger partial charge in [0.15, 0.2) is 5.82 Å². The molecule has 2 heterocycles. The van der Waals surface area contributed by atoms with E-state index in [1.807, 2.05) is 24.8 Å². The quantitative estimate of drug-likeness (QED) is 0.870. The summed E-state index contributed by atoms with van der Waals surface area (Å²) in [6.45, 7) is 9.37. The fraction of sp³-hybridized carbons (Fsp3) is 0.714. The minimum Gasteiger partial charge on any atom is -0.374 e. The molecule has 0 spiro atoms. The lowest BCUT2D eigenvalue weighted by Crippen LogP contribution is -2.41. The molecular weight excluding hydrogens is 272 g/mol. The van der Waals surface area contributed by atoms with Gasteiger partial charge in [-0.1, -0.05) is 0 Å². The minimum absolute atomic E-state index is 0.472. The minimum atomic E-state index is 0.472. The Bertz CT molecular complexity index is 430. The molecule has 1 saturated heterocycles. The highest BCUT2D eigenvalue weighted by molar-refractivity contribution is 7.99. The molecule has 5 nitrogen and oxygen atoms in total. The lowest BCUT2D eigenvalue weighted by molar-refractivity contribution is 0.128. The van der Waals surface area contributed by atoms with Gasteiger partial charge in [0.1, 0.15) is 18.2 Å². The molecule has 20 heavy (non-hydrogen) atoms. The van der Waals surface area contributed by atoms with Crippen LogP contribution >= 0.6 is 11.8 Å². The Labute approximate surface area is 125 Å². The van der Waals surface area contributed by atoms with Crippen LogP contribution in [-0.2, 0) is 11.3 Å². The first-order valence-electron chi connectivity index (χ1n) is 7.28. The van der Waals surface area contributed by atoms with E-state index in [4.69, 9.17) is 4.74 Å². The third-order valence-electron chi connectivity index (χ3n) is 3.21. The molecule has 1 aromatic heterocycles. The van der Waals surface area contributed by atoms with Gasteiger partial charge in [-0.2, -0.15) is 11.8 Å². The highest BCUT2D eigenvalue weighted by Crippen LogP contribution is 2.24. The Morgan fingerprint density at radius 2 is 2.30 bits per heavy atom. The molecule has 1 aliphatic rings. The smallest absolute Gasteiger partial charge is 0.158 e. The number of nitrogens with one attached hydrogen (secondary N) is 1. The zero-order valence-electron chi connectivity index (χ0n) is 12.6. The van der Waals surface area contributed by atoms with Crippen molar-refractivity contribution in [3.05, 3.63) is 11.9 Å². The van der Waals surface area contributed by atoms with Gasteiger partial charge in [0.2, 0.25) is 0 Å². The molecule has 1 atom stereocenters. The van der Waals surface area contributed by atoms with Crippen LogP contribution in [0.15, 0.2) is 6.07 Å². The summed E-state index contributed by atoms with van der Waals surface area (Å²) in [6.07, 6.45) is 0. The second kappa shape index (κ2) is 7.69. The summed E-state index contributed by atoms with van der Waals surface area (Å²) >= 11 is 2.01. The summed E-state index contributed by atoms with van der Waals surface area (Å²) in [5.41, 5.74) is 0. The van der Waals surface area contributed by atoms with E-state index in [2.05, 4.69) is 34.0 Å². The molecule has 1 aromatic rings. The average Bonchev–Trinajstić information content (AvgIpc) is 2.46. The summed E-state index contributed by atoms with van der Waals surface area (Å²) in [5.74, 6) is 4.97. The number of anilines is 2. The topological polar surface area (TPSA) is 50.3 Å². The second-order valence-electron chi connectivity index (χ2n) is 4.81. The van der Waals surface area contributed by atoms with Crippen LogP contribution in [0.4, 0.5) is 11.6 Å². The van der Waals surface area contributed by atoms with E-state index in [1.54, 1.807) is 0 Å². The molecule has 1 N–H and O–H groups in total. The van der Waals surface area contributed by atoms with E-state index in [-0.39, 0.29) is 0 Å². The molecule has 1 aliphatic heterocycles. The van der Waals surface area contributed by atoms with Crippen molar-refractivity contribution in [2.75, 3.05) is 41.4 Å². The van der Waals surface area contributed by atoms with Gasteiger partial charge in [-0.15, -0.1) is 0 Å². The van der Waals surface area contributed by atoms with Crippen molar-refractivity contribution in [3.63, 3.8) is 0 Å². The first kappa shape index (κ1) is 15.4. The van der Waals surface area contributed by atoms with Crippen molar-refractivity contribution in [2.24, 2.45) is 0 Å². The van der Waals surface area contributed by atoms with Crippen molar-refractivity contribution < 1.29 is 4.74 Å². The van der Waals surface area contributed by atoms with Crippen molar-refractivity contribution in [1.82, 2.24) is 9.97 Å². The standard InChI is InChI=1S/C14H24N4OS/c1-4-15-12-8-14(17-13(16-12)9-19-5-2)18-6-7-20-10-11(18)3/h8,11H,4-7,9-10H2,1-3H3,(H,15,16,17). The highest BCUT2D eigenvalue weighted by Gasteiger charge is 2.21. The normalized spacial score (nSPS) is 19.1. The van der Waals surface area contributed by atoms with Crippen molar-refractivity contribution in [1.29, 1.82) is 0 Å². The van der Waals surface area contributed by atoms with Crippen LogP contribution < -0.4 is 10.2 Å². The van der Waals surface area contributed by atoms with Gasteiger partial charge in [0, 0.05) is 43.3 Å². The molecule has 6 heteroatoms. The van der Waals surface area contributed by atoms with Gasteiger partial charge in [-0.05, 0) is 20.8 Å². The summed E-state index contributed by atoms with van der Waals surface area (Å²) in [5, 5.41) is 3.28. The van der Waals surface area contributed by atoms with Crippen LogP contribution in [0.5, 0.6) is 0 Å². The molecule has 0 saturated carbocycles. The maximum Gasteiger partial charge on any atom is 0.158 e. The van der Waals surface area contributed by atoms with E-state index < -0.39 is 0 Å². The lowest BCUT2D eigenvalue weighted by Gasteiger charge is -2.34. The third kappa shape index (κ3) is 3.99. The van der Waals surface area contributed by atoms with Crippen LogP contribution in [0.2, 0.25) is 0 Å². The Morgan fingerprint density at radius 3 is 3.00 bits per heavy atom. The summed E-state index contributed by atoms with van der Waals surface area (Å²) in [4.78, 5) is 11.5. The zero-order chi connectivity index (χ0) is 14.4. The van der Waals surface area contributed by atoms with E-state index in [1.165, 1.54) is 0 Å². The predicted molar refractivity (Wildman–Crippen MR) is 85.7 cm³/mol. The number of hydrogen-bond acceptors (Lipinski definition) is 6. The van der Waals surface area contributed by atoms with E-state index in [9.17, 15) is 0 Å². The van der Waals surface area contributed by atoms with E-state index in [0.717, 1.165) is 42.1 Å². The van der Waals surface area contributed by atoms with Gasteiger partial charge in [-0.25, -0.2) is 9.97 Å². The number of nitrogens with zero attached hydrogens (tertiary/aromatic N) is 3. The predicted octanol–water partition coefficient (Wildman–Crippen LogP) is 2.39. The molecule has 2 rings (SSSR count). The molecular formula is C14H24N4OS. The van der Waals surface area contributed by atoms with E-state index in [0.29, 0.717) is 19.3 Å². The molecule has 0 aliphatic carbocycles. The molecule has 0 bridgehead atoms. The van der Waals surface area contributed by atoms with Crippen molar-refractivity contribution >= 4 is 23.4 Å². The average molecular weight is 296 g/mol. The molecule has 1 fully saturated rings. The Morgan fingerprint density at radius 1 is 1.45 bits per heavy atom. The lowest BCUT2D eigenvalue weighted by atomic mass is 10.3. The van der Waals surface area contributed by atoms with Crippen LogP contribution in [0.3, 0.4) is 0 Å². The highest BCUT2D eigenvalue weighted by atomic mass is 32.2. The number of rotatable bonds is 6. The second-order valence-corrected chi connectivity index (χ2v) is 5.96. The van der Waals surface area contributed by atoms with Gasteiger partial charge in [-0.3, -0.25) is 0 Å². The van der Waals surface area contributed by atoms with Gasteiger partial charge in [0.25, 0.3) is 0 Å². The molecule has 1 unspecified atom stereocenters. The fourth-order valence-electron chi connectivity index (χ4n) is 2.23. The SMILES string of the molecule is CCNc1cc(N2CCSCC2C)nc(COCC)n1. The largest absolute Gasteiger partial charge is 0.374 e. The molecule has 112 valence electrons. The van der Waals surface area contributed by atoms with Crippen LogP contribution in [0.1, 0.15) is 26.6 Å². The first-order valence-corrected chi connectivity index (χ1v) is 8.44. The Balaban J connectivity index is 2.22. The van der Waals surface area contributed by atoms with Gasteiger partial charge in [0.05, 0.1) is 0 Å². The zero-order valence-corrected chi connectivity index (χ0v) is 13.4. The molecule has 0 amide bonds. The van der Waals surface area contributed by atoms with Gasteiger partial charge >= 0.3 is 0 Å². The maximum absolute atomic E-state index is 5.45. The number of ether oxygens (including phenoxy) is 1. The Hall–Kier alpha value is -1.01. The summed E-state index contributed by atoms with van der Waals surface area (Å²) in [6, 6.07) is 2.56. The maximum atomic E-state index is 5.45. The number of hydrogen-bond donors (Lipinski definition) is 1. The Kier molecular flexibility index (Phi) is 5.91.